The van der Waals surface area contributed by atoms with Gasteiger partial charge in [0.2, 0.25) is 0 Å². The summed E-state index contributed by atoms with van der Waals surface area (Å²) in [6.45, 7) is -0.123. The highest BCUT2D eigenvalue weighted by molar-refractivity contribution is 5.30. The lowest BCUT2D eigenvalue weighted by Crippen LogP contribution is -2.01. The van der Waals surface area contributed by atoms with E-state index in [-0.39, 0.29) is 12.3 Å². The van der Waals surface area contributed by atoms with Gasteiger partial charge in [0.1, 0.15) is 0 Å². The quantitative estimate of drug-likeness (QED) is 0.470. The number of halogens is 1. The molecule has 1 aromatic carbocycles. The molecule has 0 saturated heterocycles. The highest BCUT2D eigenvalue weighted by atomic mass is 19.1. The topological polar surface area (TPSA) is 78.2 Å². The number of benzene rings is 1. The van der Waals surface area contributed by atoms with Gasteiger partial charge in [-0.15, -0.1) is 0 Å². The van der Waals surface area contributed by atoms with Crippen LogP contribution >= 0.6 is 0 Å². The number of ether oxygens (including phenoxy) is 1. The van der Waals surface area contributed by atoms with E-state index in [4.69, 9.17) is 10.3 Å². The number of nitrogens with zero attached hydrogens (tertiary/aromatic N) is 3. The second-order valence-corrected chi connectivity index (χ2v) is 2.82. The Morgan fingerprint density at radius 1 is 1.67 bits per heavy atom. The van der Waals surface area contributed by atoms with Gasteiger partial charge in [-0.05, 0) is 23.2 Å². The minimum atomic E-state index is -0.999. The first-order chi connectivity index (χ1) is 7.19. The second-order valence-electron chi connectivity index (χ2n) is 2.82. The van der Waals surface area contributed by atoms with Crippen LogP contribution in [0.4, 0.5) is 4.39 Å². The Morgan fingerprint density at radius 3 is 2.93 bits per heavy atom. The zero-order chi connectivity index (χ0) is 11.3. The molecule has 0 aliphatic carbocycles. The van der Waals surface area contributed by atoms with Crippen molar-refractivity contribution in [1.82, 2.24) is 0 Å². The van der Waals surface area contributed by atoms with Gasteiger partial charge in [-0.1, -0.05) is 11.2 Å². The Balaban J connectivity index is 2.86. The second kappa shape index (κ2) is 5.19. The Labute approximate surface area is 85.7 Å². The molecule has 0 saturated carbocycles. The molecule has 0 aliphatic rings. The molecule has 5 nitrogen and oxygen atoms in total. The lowest BCUT2D eigenvalue weighted by Gasteiger charge is -2.09. The Kier molecular flexibility index (Phi) is 3.91. The van der Waals surface area contributed by atoms with Crippen LogP contribution in [0, 0.1) is 5.82 Å². The SMILES string of the molecule is COc1ccc([C@H](O)CN=[N+]=[N-])cc1F. The van der Waals surface area contributed by atoms with Crippen molar-refractivity contribution in [1.29, 1.82) is 0 Å². The fourth-order valence-electron chi connectivity index (χ4n) is 1.11. The number of hydrogen-bond donors (Lipinski definition) is 1. The zero-order valence-corrected chi connectivity index (χ0v) is 8.09. The van der Waals surface area contributed by atoms with Crippen molar-refractivity contribution < 1.29 is 14.2 Å². The number of hydrogen-bond acceptors (Lipinski definition) is 3. The summed E-state index contributed by atoms with van der Waals surface area (Å²) in [4.78, 5) is 2.50. The molecule has 0 aromatic heterocycles. The van der Waals surface area contributed by atoms with Crippen LogP contribution in [0.2, 0.25) is 0 Å². The molecule has 1 N–H and O–H groups in total. The summed E-state index contributed by atoms with van der Waals surface area (Å²) < 4.78 is 17.9. The van der Waals surface area contributed by atoms with Gasteiger partial charge in [0.05, 0.1) is 19.8 Å². The van der Waals surface area contributed by atoms with Gasteiger partial charge in [-0.3, -0.25) is 0 Å². The van der Waals surface area contributed by atoms with Crippen LogP contribution in [0.3, 0.4) is 0 Å². The Hall–Kier alpha value is -1.78. The molecule has 6 heteroatoms. The number of aliphatic hydroxyl groups is 1. The monoisotopic (exact) mass is 211 g/mol. The average Bonchev–Trinajstić information content (AvgIpc) is 2.25. The van der Waals surface area contributed by atoms with E-state index in [2.05, 4.69) is 10.0 Å². The maximum atomic E-state index is 13.2. The molecular weight excluding hydrogens is 201 g/mol. The van der Waals surface area contributed by atoms with Gasteiger partial charge in [0.25, 0.3) is 0 Å². The summed E-state index contributed by atoms with van der Waals surface area (Å²) in [5.41, 5.74) is 8.40. The molecule has 80 valence electrons. The van der Waals surface area contributed by atoms with Gasteiger partial charge in [-0.2, -0.15) is 0 Å². The van der Waals surface area contributed by atoms with Crippen LogP contribution in [0.5, 0.6) is 5.75 Å². The molecule has 0 radical (unpaired) electrons. The smallest absolute Gasteiger partial charge is 0.165 e. The standard InChI is InChI=1S/C9H10FN3O2/c1-15-9-3-2-6(4-7(9)10)8(14)5-12-13-11/h2-4,8,14H,5H2,1H3/t8-/m1/s1. The maximum absolute atomic E-state index is 13.2. The van der Waals surface area contributed by atoms with Crippen LogP contribution in [0.15, 0.2) is 23.3 Å². The van der Waals surface area contributed by atoms with Crippen molar-refractivity contribution in [3.8, 4) is 5.75 Å². The Bertz CT molecular complexity index is 391. The van der Waals surface area contributed by atoms with Crippen LogP contribution in [0.25, 0.3) is 10.4 Å². The molecule has 1 aromatic rings. The summed E-state index contributed by atoms with van der Waals surface area (Å²) in [7, 11) is 1.36. The van der Waals surface area contributed by atoms with E-state index >= 15 is 0 Å². The molecule has 0 fully saturated rings. The van der Waals surface area contributed by atoms with Gasteiger partial charge in [0.15, 0.2) is 11.6 Å². The summed E-state index contributed by atoms with van der Waals surface area (Å²) in [6.07, 6.45) is -0.999. The summed E-state index contributed by atoms with van der Waals surface area (Å²) in [5.74, 6) is -0.454. The Morgan fingerprint density at radius 2 is 2.40 bits per heavy atom. The molecule has 0 heterocycles. The maximum Gasteiger partial charge on any atom is 0.165 e. The normalized spacial score (nSPS) is 11.7. The van der Waals surface area contributed by atoms with Gasteiger partial charge < -0.3 is 9.84 Å². The van der Waals surface area contributed by atoms with Crippen LogP contribution in [-0.4, -0.2) is 18.8 Å². The summed E-state index contributed by atoms with van der Waals surface area (Å²) >= 11 is 0. The van der Waals surface area contributed by atoms with E-state index in [1.54, 1.807) is 0 Å². The zero-order valence-electron chi connectivity index (χ0n) is 8.09. The summed E-state index contributed by atoms with van der Waals surface area (Å²) in [6, 6.07) is 4.07. The van der Waals surface area contributed by atoms with Crippen molar-refractivity contribution in [2.24, 2.45) is 5.11 Å². The van der Waals surface area contributed by atoms with Crippen LogP contribution in [-0.2, 0) is 0 Å². The molecule has 15 heavy (non-hydrogen) atoms. The molecule has 1 rings (SSSR count). The lowest BCUT2D eigenvalue weighted by atomic mass is 10.1. The van der Waals surface area contributed by atoms with E-state index in [0.29, 0.717) is 5.56 Å². The van der Waals surface area contributed by atoms with Gasteiger partial charge in [-0.25, -0.2) is 4.39 Å². The minimum Gasteiger partial charge on any atom is -0.494 e. The predicted octanol–water partition coefficient (Wildman–Crippen LogP) is 2.18. The third kappa shape index (κ3) is 2.83. The molecule has 0 unspecified atom stereocenters. The van der Waals surface area contributed by atoms with Crippen molar-refractivity contribution in [2.45, 2.75) is 6.10 Å². The van der Waals surface area contributed by atoms with Crippen molar-refractivity contribution in [3.63, 3.8) is 0 Å². The number of azide groups is 1. The first-order valence-corrected chi connectivity index (χ1v) is 4.21. The van der Waals surface area contributed by atoms with Crippen molar-refractivity contribution >= 4 is 0 Å². The predicted molar refractivity (Wildman–Crippen MR) is 51.9 cm³/mol. The molecular formula is C9H10FN3O2. The summed E-state index contributed by atoms with van der Waals surface area (Å²) in [5, 5.41) is 12.7. The molecule has 0 bridgehead atoms. The highest BCUT2D eigenvalue weighted by Gasteiger charge is 2.09. The lowest BCUT2D eigenvalue weighted by molar-refractivity contribution is 0.186. The molecule has 0 spiro atoms. The fourth-order valence-corrected chi connectivity index (χ4v) is 1.11. The van der Waals surface area contributed by atoms with E-state index < -0.39 is 11.9 Å². The van der Waals surface area contributed by atoms with E-state index in [1.165, 1.54) is 19.2 Å². The minimum absolute atomic E-state index is 0.106. The molecule has 0 aliphatic heterocycles. The van der Waals surface area contributed by atoms with Crippen molar-refractivity contribution in [2.75, 3.05) is 13.7 Å². The molecule has 0 amide bonds. The van der Waals surface area contributed by atoms with Crippen LogP contribution < -0.4 is 4.74 Å². The third-order valence-electron chi connectivity index (χ3n) is 1.88. The first-order valence-electron chi connectivity index (χ1n) is 4.21. The number of methoxy groups -OCH3 is 1. The van der Waals surface area contributed by atoms with Crippen LogP contribution in [0.1, 0.15) is 11.7 Å². The van der Waals surface area contributed by atoms with Gasteiger partial charge in [0, 0.05) is 4.91 Å². The van der Waals surface area contributed by atoms with E-state index in [0.717, 1.165) is 6.07 Å². The average molecular weight is 211 g/mol. The fraction of sp³-hybridized carbons (Fsp3) is 0.333. The third-order valence-corrected chi connectivity index (χ3v) is 1.88. The van der Waals surface area contributed by atoms with E-state index in [9.17, 15) is 9.50 Å². The number of aliphatic hydroxyl groups excluding tert-OH is 1. The van der Waals surface area contributed by atoms with Crippen molar-refractivity contribution in [3.05, 3.63) is 40.0 Å². The first kappa shape index (κ1) is 11.3. The number of rotatable bonds is 4. The highest BCUT2D eigenvalue weighted by Crippen LogP contribution is 2.21. The van der Waals surface area contributed by atoms with E-state index in [1.807, 2.05) is 0 Å². The molecule has 1 atom stereocenters. The largest absolute Gasteiger partial charge is 0.494 e. The van der Waals surface area contributed by atoms with Gasteiger partial charge >= 0.3 is 0 Å².